The van der Waals surface area contributed by atoms with Gasteiger partial charge in [0.2, 0.25) is 0 Å². The van der Waals surface area contributed by atoms with Gasteiger partial charge in [-0.1, -0.05) is 13.3 Å². The molecule has 0 saturated heterocycles. The summed E-state index contributed by atoms with van der Waals surface area (Å²) in [6, 6.07) is 5.79. The molecule has 2 rings (SSSR count). The minimum atomic E-state index is -0.571. The number of nitro benzene ring substituents is 1. The normalized spacial score (nSPS) is 15.9. The Morgan fingerprint density at radius 1 is 1.32 bits per heavy atom. The minimum absolute atomic E-state index is 0.0376. The number of amides is 1. The molecule has 25 heavy (non-hydrogen) atoms. The van der Waals surface area contributed by atoms with Crippen LogP contribution in [0.25, 0.3) is 6.08 Å². The molecule has 7 nitrogen and oxygen atoms in total. The van der Waals surface area contributed by atoms with Crippen molar-refractivity contribution >= 4 is 23.6 Å². The molecular weight excluding hydrogens is 324 g/mol. The van der Waals surface area contributed by atoms with Gasteiger partial charge in [-0.3, -0.25) is 14.9 Å². The summed E-state index contributed by atoms with van der Waals surface area (Å²) in [6.07, 6.45) is 3.31. The van der Waals surface area contributed by atoms with E-state index >= 15 is 0 Å². The van der Waals surface area contributed by atoms with Crippen molar-refractivity contribution in [2.45, 2.75) is 26.7 Å². The van der Waals surface area contributed by atoms with Crippen molar-refractivity contribution in [3.8, 4) is 0 Å². The average Bonchev–Trinajstić information content (AvgIpc) is 2.83. The predicted octanol–water partition coefficient (Wildman–Crippen LogP) is 3.07. The van der Waals surface area contributed by atoms with Gasteiger partial charge in [-0.05, 0) is 37.1 Å². The average molecular weight is 344 g/mol. The molecule has 0 unspecified atom stereocenters. The number of hydrogen-bond donors (Lipinski definition) is 0. The molecule has 0 atom stereocenters. The monoisotopic (exact) mass is 344 g/mol. The molecule has 0 N–H and O–H groups in total. The standard InChI is InChI=1S/C18H20N2O5/c1-4-5-10-19-12(2)16(18(22)25-3)15(17(19)21)11-13-6-8-14(9-7-13)20(23)24/h6-9,11H,4-5,10H2,1-3H3/b15-11-. The fraction of sp³-hybridized carbons (Fsp3) is 0.333. The molecular formula is C18H20N2O5. The van der Waals surface area contributed by atoms with E-state index in [2.05, 4.69) is 0 Å². The third-order valence-corrected chi connectivity index (χ3v) is 4.05. The Morgan fingerprint density at radius 3 is 2.48 bits per heavy atom. The molecule has 0 fully saturated rings. The summed E-state index contributed by atoms with van der Waals surface area (Å²) in [7, 11) is 1.27. The van der Waals surface area contributed by atoms with Crippen LogP contribution in [0.3, 0.4) is 0 Å². The van der Waals surface area contributed by atoms with Crippen LogP contribution >= 0.6 is 0 Å². The fourth-order valence-electron chi connectivity index (χ4n) is 2.67. The van der Waals surface area contributed by atoms with E-state index in [0.29, 0.717) is 17.8 Å². The number of non-ortho nitro benzene ring substituents is 1. The van der Waals surface area contributed by atoms with Gasteiger partial charge >= 0.3 is 5.97 Å². The van der Waals surface area contributed by atoms with E-state index in [1.807, 2.05) is 6.92 Å². The zero-order valence-electron chi connectivity index (χ0n) is 14.4. The van der Waals surface area contributed by atoms with E-state index in [1.165, 1.54) is 31.4 Å². The van der Waals surface area contributed by atoms with Gasteiger partial charge in [-0.25, -0.2) is 4.79 Å². The number of ether oxygens (including phenoxy) is 1. The second-order valence-electron chi connectivity index (χ2n) is 5.67. The summed E-state index contributed by atoms with van der Waals surface area (Å²) in [4.78, 5) is 36.7. The van der Waals surface area contributed by atoms with Crippen LogP contribution in [-0.4, -0.2) is 35.4 Å². The highest BCUT2D eigenvalue weighted by Crippen LogP contribution is 2.32. The van der Waals surface area contributed by atoms with Gasteiger partial charge in [0.1, 0.15) is 0 Å². The second kappa shape index (κ2) is 7.74. The molecule has 1 aromatic carbocycles. The fourth-order valence-corrected chi connectivity index (χ4v) is 2.67. The first-order chi connectivity index (χ1) is 11.9. The molecule has 0 radical (unpaired) electrons. The zero-order valence-corrected chi connectivity index (χ0v) is 14.4. The van der Waals surface area contributed by atoms with Crippen molar-refractivity contribution in [1.82, 2.24) is 4.90 Å². The Morgan fingerprint density at radius 2 is 1.96 bits per heavy atom. The summed E-state index contributed by atoms with van der Waals surface area (Å²) in [5, 5.41) is 10.7. The first-order valence-electron chi connectivity index (χ1n) is 7.98. The van der Waals surface area contributed by atoms with Gasteiger partial charge in [-0.2, -0.15) is 0 Å². The predicted molar refractivity (Wildman–Crippen MR) is 92.4 cm³/mol. The molecule has 1 amide bonds. The topological polar surface area (TPSA) is 89.8 Å². The van der Waals surface area contributed by atoms with E-state index in [0.717, 1.165) is 12.8 Å². The van der Waals surface area contributed by atoms with E-state index in [-0.39, 0.29) is 22.7 Å². The van der Waals surface area contributed by atoms with Crippen LogP contribution in [0.1, 0.15) is 32.3 Å². The highest BCUT2D eigenvalue weighted by Gasteiger charge is 2.36. The molecule has 7 heteroatoms. The molecule has 1 aliphatic rings. The van der Waals surface area contributed by atoms with Crippen LogP contribution in [0.4, 0.5) is 5.69 Å². The number of carbonyl (C=O) groups is 2. The first-order valence-corrected chi connectivity index (χ1v) is 7.98. The highest BCUT2D eigenvalue weighted by atomic mass is 16.6. The van der Waals surface area contributed by atoms with Crippen molar-refractivity contribution in [2.24, 2.45) is 0 Å². The number of esters is 1. The van der Waals surface area contributed by atoms with Crippen LogP contribution in [-0.2, 0) is 14.3 Å². The van der Waals surface area contributed by atoms with E-state index in [4.69, 9.17) is 4.74 Å². The summed E-state index contributed by atoms with van der Waals surface area (Å²) in [5.41, 5.74) is 1.61. The molecule has 132 valence electrons. The molecule has 0 bridgehead atoms. The van der Waals surface area contributed by atoms with Gasteiger partial charge in [0, 0.05) is 24.4 Å². The molecule has 0 aromatic heterocycles. The van der Waals surface area contributed by atoms with Gasteiger partial charge in [-0.15, -0.1) is 0 Å². The summed E-state index contributed by atoms with van der Waals surface area (Å²) in [6.45, 7) is 4.27. The molecule has 1 aromatic rings. The van der Waals surface area contributed by atoms with Gasteiger partial charge < -0.3 is 9.64 Å². The number of hydrogen-bond acceptors (Lipinski definition) is 5. The van der Waals surface area contributed by atoms with E-state index in [9.17, 15) is 19.7 Å². The third kappa shape index (κ3) is 3.76. The number of benzene rings is 1. The summed E-state index contributed by atoms with van der Waals surface area (Å²) >= 11 is 0. The molecule has 0 spiro atoms. The number of carbonyl (C=O) groups excluding carboxylic acids is 2. The lowest BCUT2D eigenvalue weighted by Crippen LogP contribution is -2.26. The number of unbranched alkanes of at least 4 members (excludes halogenated alkanes) is 1. The number of allylic oxidation sites excluding steroid dienone is 1. The van der Waals surface area contributed by atoms with Crippen LogP contribution < -0.4 is 0 Å². The lowest BCUT2D eigenvalue weighted by atomic mass is 10.0. The molecule has 1 heterocycles. The first kappa shape index (κ1) is 18.4. The van der Waals surface area contributed by atoms with Crippen molar-refractivity contribution in [3.63, 3.8) is 0 Å². The Kier molecular flexibility index (Phi) is 5.69. The number of nitrogens with zero attached hydrogens (tertiary/aromatic N) is 2. The van der Waals surface area contributed by atoms with E-state index < -0.39 is 10.9 Å². The summed E-state index contributed by atoms with van der Waals surface area (Å²) < 4.78 is 4.82. The number of nitro groups is 1. The lowest BCUT2D eigenvalue weighted by molar-refractivity contribution is -0.384. The maximum absolute atomic E-state index is 12.7. The highest BCUT2D eigenvalue weighted by molar-refractivity contribution is 6.16. The van der Waals surface area contributed by atoms with Crippen LogP contribution in [0.15, 0.2) is 41.1 Å². The van der Waals surface area contributed by atoms with Gasteiger partial charge in [0.25, 0.3) is 11.6 Å². The number of rotatable bonds is 6. The maximum atomic E-state index is 12.7. The van der Waals surface area contributed by atoms with Crippen molar-refractivity contribution in [3.05, 3.63) is 56.8 Å². The van der Waals surface area contributed by atoms with Crippen molar-refractivity contribution < 1.29 is 19.2 Å². The van der Waals surface area contributed by atoms with Crippen LogP contribution in [0, 0.1) is 10.1 Å². The Hall–Kier alpha value is -2.96. The van der Waals surface area contributed by atoms with Crippen molar-refractivity contribution in [1.29, 1.82) is 0 Å². The van der Waals surface area contributed by atoms with E-state index in [1.54, 1.807) is 17.9 Å². The van der Waals surface area contributed by atoms with Crippen LogP contribution in [0.5, 0.6) is 0 Å². The van der Waals surface area contributed by atoms with Gasteiger partial charge in [0.15, 0.2) is 0 Å². The summed E-state index contributed by atoms with van der Waals surface area (Å²) in [5.74, 6) is -0.831. The number of methoxy groups -OCH3 is 1. The SMILES string of the molecule is CCCCN1C(=O)/C(=C\c2ccc([N+](=O)[O-])cc2)C(C(=O)OC)=C1C. The quantitative estimate of drug-likeness (QED) is 0.342. The minimum Gasteiger partial charge on any atom is -0.465 e. The maximum Gasteiger partial charge on any atom is 0.340 e. The zero-order chi connectivity index (χ0) is 18.6. The lowest BCUT2D eigenvalue weighted by Gasteiger charge is -2.17. The Labute approximate surface area is 145 Å². The smallest absolute Gasteiger partial charge is 0.340 e. The van der Waals surface area contributed by atoms with Crippen LogP contribution in [0.2, 0.25) is 0 Å². The second-order valence-corrected chi connectivity index (χ2v) is 5.67. The molecule has 0 saturated carbocycles. The molecule has 0 aliphatic carbocycles. The van der Waals surface area contributed by atoms with Gasteiger partial charge in [0.05, 0.1) is 23.2 Å². The largest absolute Gasteiger partial charge is 0.465 e. The molecule has 1 aliphatic heterocycles. The Balaban J connectivity index is 2.44. The Bertz CT molecular complexity index is 762. The third-order valence-electron chi connectivity index (χ3n) is 4.05. The van der Waals surface area contributed by atoms with Crippen molar-refractivity contribution in [2.75, 3.05) is 13.7 Å².